The monoisotopic (exact) mass is 1060 g/mol. The van der Waals surface area contributed by atoms with Crippen molar-refractivity contribution in [2.45, 2.75) is 191 Å². The Morgan fingerprint density at radius 2 is 1.28 bits per heavy atom. The molecule has 5 heterocycles. The molecule has 5 aromatic rings. The van der Waals surface area contributed by atoms with Gasteiger partial charge in [-0.3, -0.25) is 4.79 Å². The molecule has 0 spiro atoms. The van der Waals surface area contributed by atoms with Crippen molar-refractivity contribution in [1.29, 1.82) is 0 Å². The van der Waals surface area contributed by atoms with Crippen LogP contribution >= 0.6 is 0 Å². The van der Waals surface area contributed by atoms with E-state index in [1.54, 1.807) is 35.9 Å². The topological polar surface area (TPSA) is 150 Å². The highest BCUT2D eigenvalue weighted by atomic mass is 16.6. The van der Waals surface area contributed by atoms with Crippen LogP contribution in [-0.2, 0) is 31.9 Å². The predicted molar refractivity (Wildman–Crippen MR) is 310 cm³/mol. The molecule has 10 atom stereocenters. The van der Waals surface area contributed by atoms with Crippen LogP contribution in [0.2, 0.25) is 0 Å². The molecule has 2 aliphatic heterocycles. The first-order valence-electron chi connectivity index (χ1n) is 29.1. The van der Waals surface area contributed by atoms with Gasteiger partial charge in [-0.25, -0.2) is 14.4 Å². The zero-order valence-corrected chi connectivity index (χ0v) is 49.0. The normalized spacial score (nSPS) is 29.6. The second kappa shape index (κ2) is 23.9. The first-order valence-corrected chi connectivity index (χ1v) is 29.1. The molecule has 10 unspecified atom stereocenters. The largest absolute Gasteiger partial charge is 0.508 e. The summed E-state index contributed by atoms with van der Waals surface area (Å²) in [6.07, 6.45) is 20.4. The second-order valence-electron chi connectivity index (χ2n) is 26.0. The summed E-state index contributed by atoms with van der Waals surface area (Å²) in [5.41, 5.74) is 10.8. The number of rotatable bonds is 0. The lowest BCUT2D eigenvalue weighted by molar-refractivity contribution is -0.140. The van der Waals surface area contributed by atoms with Gasteiger partial charge in [-0.05, 0) is 217 Å². The van der Waals surface area contributed by atoms with Gasteiger partial charge in [-0.1, -0.05) is 83.9 Å². The number of hydrogen-bond donors (Lipinski definition) is 1. The van der Waals surface area contributed by atoms with Gasteiger partial charge in [0, 0.05) is 47.4 Å². The number of Topliss-reactive ketones (excluding diaryl/α,β-unsaturated/α-hetero) is 1. The molecule has 6 fully saturated rings. The van der Waals surface area contributed by atoms with Crippen LogP contribution in [-0.4, -0.2) is 34.7 Å². The standard InChI is InChI=1S/C10H14O2.C10H16O.C10H14O.C10H16O.C10H16.C9H6O3.C9H6O2/c1-6-3-4-8-7(2)10(11)12-9(8)5-6;1-9(2)6-4-8-10(3,11-8)5-7(6)9;1-7-3-4-9-8(2)6-11-10(9)5-7;1-7(2)9-5-4-8(3)6-10(9)11;1-7-4-5-8-9(6-7)10(8,2)3;10-7-3-1-6-2-4-9(11)12-8(6)5-7;10-9-6-5-7-3-1-2-4-8(7)11-9/h6,9H,3-5H2,1-2H3;6-8H,4-5H2,1-3H3;6-7H,3-5H2,1-2H3;8H,4-6H2,1-3H3;4,8-9H,5-6H2,1-3H3;1-5,10H;1-6H. The third-order valence-electron chi connectivity index (χ3n) is 19.0. The SMILES string of the molecule is CC(C)=C1CCC(C)CC1=O.CC12CC3C(CC1O2)C3(C)C.CC1=C2CCC(C)CC2OC1=O.CC1=CCC2C(C1)C2(C)C.Cc1coc2c1CCC(C)C2.O=c1ccc2ccc(O)cc2o1.O=c1ccc2ccccc2o1. The van der Waals surface area contributed by atoms with E-state index in [0.29, 0.717) is 51.3 Å². The number of ether oxygens (including phenoxy) is 2. The Bertz CT molecular complexity index is 3190. The number of carbonyl (C=O) groups is 2. The highest BCUT2D eigenvalue weighted by molar-refractivity contribution is 5.96. The second-order valence-corrected chi connectivity index (χ2v) is 26.0. The highest BCUT2D eigenvalue weighted by Crippen LogP contribution is 2.71. The van der Waals surface area contributed by atoms with Crippen LogP contribution in [0.5, 0.6) is 5.75 Å². The van der Waals surface area contributed by atoms with E-state index in [9.17, 15) is 19.2 Å². The molecule has 10 nitrogen and oxygen atoms in total. The van der Waals surface area contributed by atoms with E-state index in [0.717, 1.165) is 83.6 Å². The van der Waals surface area contributed by atoms with Crippen molar-refractivity contribution >= 4 is 33.7 Å². The molecule has 1 saturated heterocycles. The maximum Gasteiger partial charge on any atom is 0.336 e. The smallest absolute Gasteiger partial charge is 0.336 e. The number of aromatic hydroxyl groups is 1. The zero-order valence-electron chi connectivity index (χ0n) is 49.0. The number of allylic oxidation sites excluding steroid dienone is 4. The third kappa shape index (κ3) is 14.0. The molecule has 2 aromatic carbocycles. The Hall–Kier alpha value is -5.74. The van der Waals surface area contributed by atoms with Crippen LogP contribution in [0.3, 0.4) is 0 Å². The van der Waals surface area contributed by atoms with Crippen molar-refractivity contribution < 1.29 is 37.4 Å². The van der Waals surface area contributed by atoms with Crippen molar-refractivity contribution in [2.75, 3.05) is 0 Å². The van der Waals surface area contributed by atoms with Crippen molar-refractivity contribution in [1.82, 2.24) is 0 Å². The van der Waals surface area contributed by atoms with Gasteiger partial charge in [-0.15, -0.1) is 0 Å². The molecular formula is C68H88O10. The molecule has 14 rings (SSSR count). The lowest BCUT2D eigenvalue weighted by Crippen LogP contribution is -2.20. The average Bonchev–Trinajstić information content (AvgIpc) is 4.43. The number of fused-ring (bicyclic) bond motifs is 7. The van der Waals surface area contributed by atoms with Crippen molar-refractivity contribution in [3.8, 4) is 5.75 Å². The fourth-order valence-electron chi connectivity index (χ4n) is 13.2. The Kier molecular flexibility index (Phi) is 17.9. The maximum atomic E-state index is 11.4. The molecule has 0 radical (unpaired) electrons. The summed E-state index contributed by atoms with van der Waals surface area (Å²) in [7, 11) is 0. The molecule has 5 saturated carbocycles. The van der Waals surface area contributed by atoms with E-state index in [1.807, 2.05) is 45.2 Å². The highest BCUT2D eigenvalue weighted by Gasteiger charge is 2.70. The molecule has 9 aliphatic rings. The van der Waals surface area contributed by atoms with Crippen LogP contribution in [0, 0.1) is 59.2 Å². The molecule has 7 aliphatic carbocycles. The summed E-state index contributed by atoms with van der Waals surface area (Å²) in [4.78, 5) is 44.0. The van der Waals surface area contributed by atoms with Crippen LogP contribution in [0.25, 0.3) is 21.9 Å². The third-order valence-corrected chi connectivity index (χ3v) is 19.0. The Balaban J connectivity index is 0.000000120. The minimum absolute atomic E-state index is 0.0934. The van der Waals surface area contributed by atoms with Crippen LogP contribution in [0.4, 0.5) is 0 Å². The number of ketones is 1. The number of furan rings is 1. The van der Waals surface area contributed by atoms with Gasteiger partial charge in [0.2, 0.25) is 0 Å². The molecule has 3 aromatic heterocycles. The van der Waals surface area contributed by atoms with Gasteiger partial charge in [0.15, 0.2) is 5.78 Å². The van der Waals surface area contributed by atoms with E-state index in [2.05, 4.69) is 75.3 Å². The van der Waals surface area contributed by atoms with Gasteiger partial charge in [0.1, 0.15) is 28.8 Å². The van der Waals surface area contributed by atoms with E-state index in [1.165, 1.54) is 97.6 Å². The molecule has 0 bridgehead atoms. The summed E-state index contributed by atoms with van der Waals surface area (Å²) in [5.74, 6) is 7.75. The predicted octanol–water partition coefficient (Wildman–Crippen LogP) is 16.0. The van der Waals surface area contributed by atoms with E-state index < -0.39 is 5.63 Å². The number of epoxide rings is 1. The Morgan fingerprint density at radius 1 is 0.654 bits per heavy atom. The van der Waals surface area contributed by atoms with Gasteiger partial charge in [-0.2, -0.15) is 0 Å². The van der Waals surface area contributed by atoms with Gasteiger partial charge >= 0.3 is 17.2 Å². The van der Waals surface area contributed by atoms with Crippen molar-refractivity contribution in [3.63, 3.8) is 0 Å². The number of para-hydroxylation sites is 1. The fourth-order valence-corrected chi connectivity index (χ4v) is 13.2. The quantitative estimate of drug-likeness (QED) is 0.0522. The minimum atomic E-state index is -0.409. The number of phenolic OH excluding ortho intramolecular Hbond substituents is 1. The van der Waals surface area contributed by atoms with Crippen LogP contribution in [0.1, 0.15) is 171 Å². The number of phenols is 1. The van der Waals surface area contributed by atoms with E-state index in [-0.39, 0.29) is 23.4 Å². The molecular weight excluding hydrogens is 977 g/mol. The van der Waals surface area contributed by atoms with E-state index in [4.69, 9.17) is 27.8 Å². The molecule has 1 N–H and O–H groups in total. The van der Waals surface area contributed by atoms with Crippen molar-refractivity contribution in [2.24, 2.45) is 52.3 Å². The molecule has 420 valence electrons. The zero-order chi connectivity index (χ0) is 56.4. The Labute approximate surface area is 463 Å². The number of benzene rings is 2. The molecule has 78 heavy (non-hydrogen) atoms. The first-order chi connectivity index (χ1) is 36.8. The first kappa shape index (κ1) is 58.4. The number of carbonyl (C=O) groups excluding carboxylic acids is 2. The summed E-state index contributed by atoms with van der Waals surface area (Å²) in [5, 5.41) is 10.8. The lowest BCUT2D eigenvalue weighted by Gasteiger charge is -2.24. The van der Waals surface area contributed by atoms with Gasteiger partial charge < -0.3 is 27.8 Å². The summed E-state index contributed by atoms with van der Waals surface area (Å²) in [6, 6.07) is 18.2. The molecule has 10 heteroatoms. The van der Waals surface area contributed by atoms with E-state index >= 15 is 0 Å². The molecule has 0 amide bonds. The fraction of sp³-hybridized carbons (Fsp3) is 0.559. The maximum absolute atomic E-state index is 11.4. The number of aryl methyl sites for hydroxylation is 1. The van der Waals surface area contributed by atoms with Crippen LogP contribution in [0.15, 0.2) is 130 Å². The average molecular weight is 1070 g/mol. The van der Waals surface area contributed by atoms with Gasteiger partial charge in [0.25, 0.3) is 0 Å². The summed E-state index contributed by atoms with van der Waals surface area (Å²) in [6.45, 7) is 28.9. The van der Waals surface area contributed by atoms with Gasteiger partial charge in [0.05, 0.1) is 18.0 Å². The number of esters is 1. The number of hydrogen-bond acceptors (Lipinski definition) is 10. The van der Waals surface area contributed by atoms with Crippen molar-refractivity contribution in [3.05, 3.63) is 145 Å². The summed E-state index contributed by atoms with van der Waals surface area (Å²) >= 11 is 0. The minimum Gasteiger partial charge on any atom is -0.508 e. The van der Waals surface area contributed by atoms with Crippen LogP contribution < -0.4 is 11.3 Å². The summed E-state index contributed by atoms with van der Waals surface area (Å²) < 4.78 is 26.1. The lowest BCUT2D eigenvalue weighted by atomic mass is 9.84. The Morgan fingerprint density at radius 3 is 1.95 bits per heavy atom.